The summed E-state index contributed by atoms with van der Waals surface area (Å²) in [4.78, 5) is 0. The SMILES string of the molecule is Cc1ccc2c(c1)c1ccccc1n2-c1ccccc1.Cc1ccc2c3ccccc3n(-c3ccccc3)c2c1.Cc1cccc(-c2cccc3c2sc2c(-c4ccccc4)cccc23)c1.Cc1cccc2c1sc1c(C3CCCCC3)cccc12.Cc1ccccc1-c1cccc2c1sc1c(-c3ccccc3)cccc12. The second kappa shape index (κ2) is 31.6. The molecule has 5 heterocycles. The number of para-hydroxylation sites is 4. The molecule has 1 aliphatic rings. The van der Waals surface area contributed by atoms with Crippen LogP contribution in [-0.2, 0) is 0 Å². The molecule has 1 aliphatic carbocycles. The summed E-state index contributed by atoms with van der Waals surface area (Å²) in [7, 11) is 0. The quantitative estimate of drug-likeness (QED) is 0.151. The van der Waals surface area contributed by atoms with Gasteiger partial charge in [-0.3, -0.25) is 0 Å². The number of thiophene rings is 3. The Bertz CT molecular complexity index is 6960. The van der Waals surface area contributed by atoms with Crippen molar-refractivity contribution >= 4 is 138 Å². The van der Waals surface area contributed by atoms with Gasteiger partial charge in [-0.2, -0.15) is 0 Å². The van der Waals surface area contributed by atoms with E-state index in [1.54, 1.807) is 10.3 Å². The Kier molecular flexibility index (Phi) is 20.2. The Morgan fingerprint density at radius 1 is 0.223 bits per heavy atom. The van der Waals surface area contributed by atoms with Crippen LogP contribution in [0.1, 0.15) is 71.4 Å². The molecule has 0 N–H and O–H groups in total. The lowest BCUT2D eigenvalue weighted by Crippen LogP contribution is -2.04. The van der Waals surface area contributed by atoms with Crippen LogP contribution >= 0.6 is 34.0 Å². The van der Waals surface area contributed by atoms with E-state index in [1.807, 2.05) is 34.0 Å². The first kappa shape index (κ1) is 71.4. The number of nitrogens with zero attached hydrogens (tertiary/aromatic N) is 2. The maximum atomic E-state index is 2.38. The van der Waals surface area contributed by atoms with Gasteiger partial charge < -0.3 is 9.13 Å². The number of hydrogen-bond donors (Lipinski definition) is 0. The fraction of sp³-hybridized carbons (Fsp3) is 0.103. The van der Waals surface area contributed by atoms with E-state index in [2.05, 4.69) is 408 Å². The monoisotopic (exact) mass is 1490 g/mol. The molecule has 21 aromatic rings. The minimum absolute atomic E-state index is 0.792. The van der Waals surface area contributed by atoms with Crippen molar-refractivity contribution in [2.75, 3.05) is 0 Å². The molecular weight excluding hydrogens is 1410 g/mol. The Morgan fingerprint density at radius 3 is 1.16 bits per heavy atom. The summed E-state index contributed by atoms with van der Waals surface area (Å²) in [6, 6.07) is 131. The lowest BCUT2D eigenvalue weighted by molar-refractivity contribution is 0.446. The Morgan fingerprint density at radius 2 is 0.589 bits per heavy atom. The van der Waals surface area contributed by atoms with Crippen molar-refractivity contribution in [1.82, 2.24) is 9.13 Å². The normalized spacial score (nSPS) is 12.3. The maximum absolute atomic E-state index is 2.38. The molecule has 0 atom stereocenters. The predicted molar refractivity (Wildman–Crippen MR) is 491 cm³/mol. The minimum atomic E-state index is 0.792. The van der Waals surface area contributed by atoms with E-state index in [1.165, 1.54) is 215 Å². The minimum Gasteiger partial charge on any atom is -0.309 e. The fourth-order valence-electron chi connectivity index (χ4n) is 17.1. The van der Waals surface area contributed by atoms with Crippen LogP contribution in [-0.4, -0.2) is 9.13 Å². The molecule has 0 unspecified atom stereocenters. The largest absolute Gasteiger partial charge is 0.309 e. The Labute approximate surface area is 668 Å². The molecule has 16 aromatic carbocycles. The lowest BCUT2D eigenvalue weighted by Gasteiger charge is -2.22. The summed E-state index contributed by atoms with van der Waals surface area (Å²) in [5, 5.41) is 13.6. The molecule has 112 heavy (non-hydrogen) atoms. The van der Waals surface area contributed by atoms with Gasteiger partial charge in [-0.15, -0.1) is 34.0 Å². The molecule has 0 bridgehead atoms. The van der Waals surface area contributed by atoms with Crippen molar-refractivity contribution in [3.05, 3.63) is 397 Å². The van der Waals surface area contributed by atoms with Gasteiger partial charge in [0.05, 0.1) is 22.1 Å². The van der Waals surface area contributed by atoms with Crippen LogP contribution in [0.25, 0.3) is 160 Å². The molecular formula is C107H86N2S3. The van der Waals surface area contributed by atoms with Crippen molar-refractivity contribution in [3.63, 3.8) is 0 Å². The van der Waals surface area contributed by atoms with Gasteiger partial charge in [0.1, 0.15) is 0 Å². The predicted octanol–water partition coefficient (Wildman–Crippen LogP) is 32.0. The first-order chi connectivity index (χ1) is 55.2. The van der Waals surface area contributed by atoms with E-state index >= 15 is 0 Å². The van der Waals surface area contributed by atoms with Crippen molar-refractivity contribution < 1.29 is 0 Å². The highest BCUT2D eigenvalue weighted by atomic mass is 32.1. The van der Waals surface area contributed by atoms with Gasteiger partial charge in [0, 0.05) is 93.4 Å². The number of fused-ring (bicyclic) bond motifs is 15. The highest BCUT2D eigenvalue weighted by Crippen LogP contribution is 2.48. The van der Waals surface area contributed by atoms with Gasteiger partial charge in [-0.1, -0.05) is 340 Å². The number of aryl methyl sites for hydroxylation is 5. The van der Waals surface area contributed by atoms with Crippen LogP contribution in [0.3, 0.4) is 0 Å². The van der Waals surface area contributed by atoms with Gasteiger partial charge in [-0.05, 0) is 175 Å². The molecule has 0 radical (unpaired) electrons. The Balaban J connectivity index is 0.0000000983. The molecule has 2 nitrogen and oxygen atoms in total. The van der Waals surface area contributed by atoms with E-state index in [4.69, 9.17) is 0 Å². The van der Waals surface area contributed by atoms with E-state index in [0.717, 1.165) is 5.92 Å². The molecule has 0 aliphatic heterocycles. The number of rotatable bonds is 7. The summed E-state index contributed by atoms with van der Waals surface area (Å²) < 4.78 is 13.2. The zero-order valence-electron chi connectivity index (χ0n) is 63.9. The summed E-state index contributed by atoms with van der Waals surface area (Å²) in [5.74, 6) is 0.792. The molecule has 22 rings (SSSR count). The van der Waals surface area contributed by atoms with Crippen LogP contribution in [0.4, 0.5) is 0 Å². The molecule has 1 fully saturated rings. The molecule has 1 saturated carbocycles. The van der Waals surface area contributed by atoms with Crippen molar-refractivity contribution in [2.45, 2.75) is 72.6 Å². The number of benzene rings is 16. The van der Waals surface area contributed by atoms with Gasteiger partial charge in [-0.25, -0.2) is 0 Å². The fourth-order valence-corrected chi connectivity index (χ4v) is 21.2. The molecule has 0 saturated heterocycles. The standard InChI is InChI=1S/2C25H18S.2C19H15N.C19H20S/c1-17-8-5-11-19(16-17)21-13-7-15-23-22-14-6-12-20(24(22)26-25(21)23)18-9-3-2-4-10-18;1-17-9-5-6-12-19(17)21-14-8-16-23-22-15-7-13-20(24(22)26-25(21)23)18-10-3-2-4-11-18;1-14-11-12-19-17(13-14)16-9-5-6-10-18(16)20(19)15-7-3-2-4-8-15;1-14-11-12-17-16-9-5-6-10-18(16)20(19(17)13-14)15-7-3-2-4-8-15;1-13-7-5-11-16-17-12-6-10-15(19(17)20-18(13)16)14-8-3-2-4-9-14/h2*2-16H,1H3;2*2-13H,1H3;5-7,10-12,14H,2-4,8-9H2,1H3. The van der Waals surface area contributed by atoms with Crippen molar-refractivity contribution in [2.24, 2.45) is 0 Å². The number of aromatic nitrogens is 2. The topological polar surface area (TPSA) is 9.86 Å². The molecule has 5 aromatic heterocycles. The molecule has 5 heteroatoms. The molecule has 542 valence electrons. The van der Waals surface area contributed by atoms with Gasteiger partial charge in [0.2, 0.25) is 0 Å². The van der Waals surface area contributed by atoms with Crippen molar-refractivity contribution in [1.29, 1.82) is 0 Å². The smallest absolute Gasteiger partial charge is 0.0543 e. The molecule has 0 spiro atoms. The summed E-state index contributed by atoms with van der Waals surface area (Å²) in [5.41, 5.74) is 26.2. The van der Waals surface area contributed by atoms with Gasteiger partial charge in [0.15, 0.2) is 0 Å². The molecule has 0 amide bonds. The van der Waals surface area contributed by atoms with E-state index < -0.39 is 0 Å². The third-order valence-corrected chi connectivity index (χ3v) is 26.4. The highest BCUT2D eigenvalue weighted by molar-refractivity contribution is 7.27. The zero-order valence-corrected chi connectivity index (χ0v) is 66.3. The van der Waals surface area contributed by atoms with Crippen molar-refractivity contribution in [3.8, 4) is 55.9 Å². The third kappa shape index (κ3) is 13.9. The van der Waals surface area contributed by atoms with E-state index in [0.29, 0.717) is 0 Å². The highest BCUT2D eigenvalue weighted by Gasteiger charge is 2.22. The third-order valence-electron chi connectivity index (χ3n) is 22.5. The maximum Gasteiger partial charge on any atom is 0.0543 e. The van der Waals surface area contributed by atoms with Crippen LogP contribution in [0.15, 0.2) is 364 Å². The lowest BCUT2D eigenvalue weighted by atomic mass is 9.84. The average Bonchev–Trinajstić information content (AvgIpc) is 1.62. The van der Waals surface area contributed by atoms with Gasteiger partial charge >= 0.3 is 0 Å². The zero-order chi connectivity index (χ0) is 75.6. The van der Waals surface area contributed by atoms with Crippen LogP contribution in [0.2, 0.25) is 0 Å². The second-order valence-electron chi connectivity index (χ2n) is 29.9. The summed E-state index contributed by atoms with van der Waals surface area (Å²) in [6.45, 7) is 10.9. The second-order valence-corrected chi connectivity index (χ2v) is 32.9. The first-order valence-electron chi connectivity index (χ1n) is 39.3. The summed E-state index contributed by atoms with van der Waals surface area (Å²) >= 11 is 5.83. The Hall–Kier alpha value is -12.2. The van der Waals surface area contributed by atoms with Crippen LogP contribution in [0.5, 0.6) is 0 Å². The van der Waals surface area contributed by atoms with Gasteiger partial charge in [0.25, 0.3) is 0 Å². The van der Waals surface area contributed by atoms with Crippen LogP contribution in [0, 0.1) is 34.6 Å². The van der Waals surface area contributed by atoms with E-state index in [9.17, 15) is 0 Å². The van der Waals surface area contributed by atoms with E-state index in [-0.39, 0.29) is 0 Å². The average molecular weight is 1500 g/mol. The van der Waals surface area contributed by atoms with Crippen LogP contribution < -0.4 is 0 Å². The first-order valence-corrected chi connectivity index (χ1v) is 41.8. The number of hydrogen-bond acceptors (Lipinski definition) is 3. The summed E-state index contributed by atoms with van der Waals surface area (Å²) in [6.07, 6.45) is 7.01.